The number of ketones is 1. The molecule has 0 saturated carbocycles. The van der Waals surface area contributed by atoms with Gasteiger partial charge in [0, 0.05) is 40.4 Å². The van der Waals surface area contributed by atoms with Gasteiger partial charge in [-0.15, -0.1) is 0 Å². The van der Waals surface area contributed by atoms with Crippen molar-refractivity contribution < 1.29 is 61.6 Å². The molecule has 0 heterocycles. The van der Waals surface area contributed by atoms with Crippen molar-refractivity contribution in [1.29, 1.82) is 0 Å². The maximum Gasteiger partial charge on any atom is 0.303 e. The smallest absolute Gasteiger partial charge is 0.303 e. The number of amides is 3. The van der Waals surface area contributed by atoms with E-state index >= 15 is 0 Å². The summed E-state index contributed by atoms with van der Waals surface area (Å²) in [4.78, 5) is 77.8. The van der Waals surface area contributed by atoms with Gasteiger partial charge in [-0.2, -0.15) is 11.8 Å². The van der Waals surface area contributed by atoms with Crippen molar-refractivity contribution in [2.45, 2.75) is 173 Å². The first-order chi connectivity index (χ1) is 28.3. The highest BCUT2D eigenvalue weighted by atomic mass is 32.2. The summed E-state index contributed by atoms with van der Waals surface area (Å²) in [5.41, 5.74) is -2.31. The van der Waals surface area contributed by atoms with Gasteiger partial charge in [0.15, 0.2) is 15.6 Å². The van der Waals surface area contributed by atoms with Crippen molar-refractivity contribution >= 4 is 57.0 Å². The maximum absolute atomic E-state index is 14.2. The Hall–Kier alpha value is -3.58. The third kappa shape index (κ3) is 22.7. The molecule has 0 aliphatic rings. The second-order valence-corrected chi connectivity index (χ2v) is 25.2. The largest absolute Gasteiger partial charge is 0.481 e. The number of carbonyl (C=O) groups excluding carboxylic acids is 4. The highest BCUT2D eigenvalue weighted by Gasteiger charge is 2.40. The molecule has 63 heavy (non-hydrogen) atoms. The van der Waals surface area contributed by atoms with Gasteiger partial charge >= 0.3 is 11.9 Å². The average molecular weight is 930 g/mol. The van der Waals surface area contributed by atoms with Gasteiger partial charge in [-0.1, -0.05) is 12.1 Å². The van der Waals surface area contributed by atoms with Crippen molar-refractivity contribution in [1.82, 2.24) is 16.0 Å². The van der Waals surface area contributed by atoms with E-state index in [1.807, 2.05) is 76.2 Å². The van der Waals surface area contributed by atoms with E-state index in [-0.39, 0.29) is 42.9 Å². The highest BCUT2D eigenvalue weighted by molar-refractivity contribution is 8.00. The number of carboxylic acids is 2. The van der Waals surface area contributed by atoms with E-state index in [9.17, 15) is 47.4 Å². The van der Waals surface area contributed by atoms with Gasteiger partial charge in [-0.3, -0.25) is 28.8 Å². The minimum absolute atomic E-state index is 0.0000793. The molecular formula is C45H75N3O13S2. The van der Waals surface area contributed by atoms with Crippen LogP contribution in [0.3, 0.4) is 0 Å². The van der Waals surface area contributed by atoms with Crippen LogP contribution < -0.4 is 16.0 Å². The molecule has 0 bridgehead atoms. The number of carboxylic acid groups (broad SMARTS) is 2. The van der Waals surface area contributed by atoms with Crippen LogP contribution in [0.15, 0.2) is 24.3 Å². The van der Waals surface area contributed by atoms with Gasteiger partial charge in [0.05, 0.1) is 52.7 Å². The van der Waals surface area contributed by atoms with Crippen molar-refractivity contribution in [3.63, 3.8) is 0 Å². The SMILES string of the molecule is CC(C)(COC(C)(C)C)NC(=O)C(CCC(=O)O)NC(=O)[C@H](CCC(=O)O)NC(=O)c1ccc(C(=O)C(CSC(C)(C)COC(C)(C)C)CS(=O)(=O)C(C)(C)COC(C)(C)C)cc1. The van der Waals surface area contributed by atoms with Crippen LogP contribution in [0.4, 0.5) is 0 Å². The molecule has 3 amide bonds. The Morgan fingerprint density at radius 2 is 1.05 bits per heavy atom. The standard InChI is InChI=1S/C45H75N3O13S2/c1-40(2,3)59-26-43(10,11)48-39(56)33(21-23-35(51)52)47-38(55)32(20-22-34(49)50)46-37(54)30-18-16-29(17-19-30)36(53)31(24-62-44(12,13)27-60-41(4,5)6)25-63(57,58)45(14,15)28-61-42(7,8)9/h16-19,31-33H,20-28H2,1-15H3,(H,46,54)(H,47,55)(H,48,56)(H,49,50)(H,51,52)/t31?,32-,33?/m0/s1. The average Bonchev–Trinajstić information content (AvgIpc) is 3.12. The maximum atomic E-state index is 14.2. The van der Waals surface area contributed by atoms with Crippen LogP contribution in [0.5, 0.6) is 0 Å². The number of hydrogen-bond donors (Lipinski definition) is 5. The quantitative estimate of drug-likeness (QED) is 0.0686. The second-order valence-electron chi connectivity index (χ2n) is 20.8. The summed E-state index contributed by atoms with van der Waals surface area (Å²) in [6, 6.07) is 2.61. The zero-order valence-corrected chi connectivity index (χ0v) is 41.7. The number of hydrogen-bond acceptors (Lipinski definition) is 12. The molecule has 360 valence electrons. The van der Waals surface area contributed by atoms with Gasteiger partial charge in [-0.05, 0) is 129 Å². The van der Waals surface area contributed by atoms with E-state index in [0.29, 0.717) is 6.61 Å². The van der Waals surface area contributed by atoms with Crippen LogP contribution in [0.25, 0.3) is 0 Å². The number of carbonyl (C=O) groups is 6. The van der Waals surface area contributed by atoms with Crippen molar-refractivity contribution in [2.75, 3.05) is 31.3 Å². The Balaban J connectivity index is 3.43. The summed E-state index contributed by atoms with van der Waals surface area (Å²) >= 11 is 1.41. The van der Waals surface area contributed by atoms with E-state index in [1.165, 1.54) is 36.0 Å². The molecule has 5 N–H and O–H groups in total. The lowest BCUT2D eigenvalue weighted by atomic mass is 9.99. The van der Waals surface area contributed by atoms with Gasteiger partial charge in [0.1, 0.15) is 12.1 Å². The fourth-order valence-electron chi connectivity index (χ4n) is 5.39. The Kier molecular flexibility index (Phi) is 21.0. The molecular weight excluding hydrogens is 855 g/mol. The van der Waals surface area contributed by atoms with Crippen LogP contribution in [0, 0.1) is 5.92 Å². The molecule has 0 fully saturated rings. The van der Waals surface area contributed by atoms with Gasteiger partial charge in [0.25, 0.3) is 5.91 Å². The summed E-state index contributed by atoms with van der Waals surface area (Å²) < 4.78 is 43.7. The zero-order chi connectivity index (χ0) is 49.0. The van der Waals surface area contributed by atoms with Crippen LogP contribution in [0.1, 0.15) is 150 Å². The Morgan fingerprint density at radius 3 is 1.51 bits per heavy atom. The minimum Gasteiger partial charge on any atom is -0.481 e. The van der Waals surface area contributed by atoms with E-state index in [2.05, 4.69) is 16.0 Å². The molecule has 1 rings (SSSR count). The van der Waals surface area contributed by atoms with E-state index in [1.54, 1.807) is 27.7 Å². The fourth-order valence-corrected chi connectivity index (χ4v) is 8.09. The Bertz CT molecular complexity index is 1840. The van der Waals surface area contributed by atoms with Gasteiger partial charge in [0.2, 0.25) is 11.8 Å². The van der Waals surface area contributed by atoms with Crippen LogP contribution in [-0.2, 0) is 43.2 Å². The minimum atomic E-state index is -3.93. The van der Waals surface area contributed by atoms with Crippen molar-refractivity contribution in [3.05, 3.63) is 35.4 Å². The second kappa shape index (κ2) is 23.0. The summed E-state index contributed by atoms with van der Waals surface area (Å²) in [6.07, 6.45) is -1.69. The third-order valence-electron chi connectivity index (χ3n) is 9.32. The molecule has 1 aromatic rings. The molecule has 0 radical (unpaired) electrons. The van der Waals surface area contributed by atoms with E-state index in [4.69, 9.17) is 14.2 Å². The first kappa shape index (κ1) is 57.4. The van der Waals surface area contributed by atoms with Crippen LogP contribution >= 0.6 is 11.8 Å². The van der Waals surface area contributed by atoms with Gasteiger partial charge in [-0.25, -0.2) is 8.42 Å². The molecule has 0 spiro atoms. The first-order valence-corrected chi connectivity index (χ1v) is 23.8. The molecule has 0 aliphatic heterocycles. The fraction of sp³-hybridized carbons (Fsp3) is 0.733. The normalized spacial score (nSPS) is 14.6. The third-order valence-corrected chi connectivity index (χ3v) is 13.4. The number of rotatable bonds is 26. The summed E-state index contributed by atoms with van der Waals surface area (Å²) in [5, 5.41) is 26.5. The number of nitrogens with one attached hydrogen (secondary N) is 3. The number of benzene rings is 1. The Labute approximate surface area is 379 Å². The molecule has 2 unspecified atom stereocenters. The number of ether oxygens (including phenoxy) is 3. The molecule has 0 saturated heterocycles. The predicted molar refractivity (Wildman–Crippen MR) is 245 cm³/mol. The van der Waals surface area contributed by atoms with Gasteiger partial charge < -0.3 is 40.4 Å². The Morgan fingerprint density at radius 1 is 0.619 bits per heavy atom. The number of thioether (sulfide) groups is 1. The first-order valence-electron chi connectivity index (χ1n) is 21.1. The molecule has 16 nitrogen and oxygen atoms in total. The zero-order valence-electron chi connectivity index (χ0n) is 40.1. The predicted octanol–water partition coefficient (Wildman–Crippen LogP) is 5.84. The van der Waals surface area contributed by atoms with Crippen molar-refractivity contribution in [2.24, 2.45) is 5.92 Å². The molecule has 1 aromatic carbocycles. The summed E-state index contributed by atoms with van der Waals surface area (Å²) in [6.45, 7) is 27.6. The van der Waals surface area contributed by atoms with E-state index in [0.717, 1.165) is 0 Å². The number of Topliss-reactive ketones (excluding diaryl/α,β-unsaturated/α-hetero) is 1. The lowest BCUT2D eigenvalue weighted by Gasteiger charge is -2.32. The molecule has 0 aliphatic carbocycles. The monoisotopic (exact) mass is 929 g/mol. The lowest BCUT2D eigenvalue weighted by molar-refractivity contribution is -0.139. The summed E-state index contributed by atoms with van der Waals surface area (Å²) in [7, 11) is -3.93. The topological polar surface area (TPSA) is 241 Å². The molecule has 0 aromatic heterocycles. The van der Waals surface area contributed by atoms with Crippen molar-refractivity contribution in [3.8, 4) is 0 Å². The number of aliphatic carboxylic acids is 2. The lowest BCUT2D eigenvalue weighted by Crippen LogP contribution is -2.58. The number of sulfone groups is 1. The van der Waals surface area contributed by atoms with E-state index < -0.39 is 114 Å². The molecule has 18 heteroatoms. The van der Waals surface area contributed by atoms with Crippen LogP contribution in [0.2, 0.25) is 0 Å². The summed E-state index contributed by atoms with van der Waals surface area (Å²) in [5.74, 6) is -6.67. The highest BCUT2D eigenvalue weighted by Crippen LogP contribution is 2.32. The molecule has 3 atom stereocenters. The van der Waals surface area contributed by atoms with Crippen LogP contribution in [-0.4, -0.2) is 129 Å².